The molecule has 0 spiro atoms. The summed E-state index contributed by atoms with van der Waals surface area (Å²) in [5, 5.41) is 0. The summed E-state index contributed by atoms with van der Waals surface area (Å²) in [7, 11) is 0. The minimum Gasteiger partial charge on any atom is -0.336 e. The van der Waals surface area contributed by atoms with Crippen molar-refractivity contribution in [2.24, 2.45) is 0 Å². The molecule has 1 aliphatic heterocycles. The highest BCUT2D eigenvalue weighted by atomic mass is 35.5. The minimum atomic E-state index is 0.0222. The van der Waals surface area contributed by atoms with E-state index < -0.39 is 0 Å². The van der Waals surface area contributed by atoms with E-state index in [0.29, 0.717) is 6.54 Å². The molecular formula is C11H12ClNOS. The lowest BCUT2D eigenvalue weighted by molar-refractivity contribution is -0.128. The molecule has 1 aromatic carbocycles. The molecule has 1 aromatic rings. The smallest absolute Gasteiger partial charge is 0.237 e. The molecule has 0 unspecified atom stereocenters. The largest absolute Gasteiger partial charge is 0.336 e. The van der Waals surface area contributed by atoms with Gasteiger partial charge in [0.25, 0.3) is 0 Å². The van der Waals surface area contributed by atoms with Crippen molar-refractivity contribution in [3.63, 3.8) is 0 Å². The van der Waals surface area contributed by atoms with Gasteiger partial charge < -0.3 is 4.90 Å². The van der Waals surface area contributed by atoms with Crippen molar-refractivity contribution in [3.8, 4) is 0 Å². The highest BCUT2D eigenvalue weighted by molar-refractivity contribution is 7.99. The second kappa shape index (κ2) is 4.90. The van der Waals surface area contributed by atoms with Gasteiger partial charge in [0.05, 0.1) is 0 Å². The van der Waals surface area contributed by atoms with E-state index in [9.17, 15) is 4.79 Å². The Morgan fingerprint density at radius 1 is 1.47 bits per heavy atom. The van der Waals surface area contributed by atoms with Crippen LogP contribution in [0.15, 0.2) is 29.2 Å². The monoisotopic (exact) mass is 241 g/mol. The van der Waals surface area contributed by atoms with Crippen LogP contribution in [0.2, 0.25) is 0 Å². The third-order valence-corrected chi connectivity index (χ3v) is 3.74. The maximum Gasteiger partial charge on any atom is 0.237 e. The molecule has 15 heavy (non-hydrogen) atoms. The SMILES string of the molecule is O=C(CCl)N1CCSc2ccccc2C1. The zero-order valence-corrected chi connectivity index (χ0v) is 9.85. The highest BCUT2D eigenvalue weighted by Crippen LogP contribution is 2.26. The van der Waals surface area contributed by atoms with Gasteiger partial charge in [-0.05, 0) is 11.6 Å². The van der Waals surface area contributed by atoms with Crippen LogP contribution in [0.1, 0.15) is 5.56 Å². The summed E-state index contributed by atoms with van der Waals surface area (Å²) >= 11 is 7.37. The third kappa shape index (κ3) is 2.47. The van der Waals surface area contributed by atoms with Crippen LogP contribution in [0, 0.1) is 0 Å². The number of hydrogen-bond donors (Lipinski definition) is 0. The van der Waals surface area contributed by atoms with Gasteiger partial charge in [-0.1, -0.05) is 18.2 Å². The van der Waals surface area contributed by atoms with Crippen molar-refractivity contribution in [1.82, 2.24) is 4.90 Å². The number of amides is 1. The van der Waals surface area contributed by atoms with Gasteiger partial charge in [-0.25, -0.2) is 0 Å². The molecule has 0 saturated heterocycles. The number of carbonyl (C=O) groups is 1. The van der Waals surface area contributed by atoms with Crippen molar-refractivity contribution in [3.05, 3.63) is 29.8 Å². The van der Waals surface area contributed by atoms with E-state index in [-0.39, 0.29) is 11.8 Å². The number of halogens is 1. The molecule has 0 aliphatic carbocycles. The van der Waals surface area contributed by atoms with E-state index in [1.54, 1.807) is 11.8 Å². The Morgan fingerprint density at radius 3 is 3.07 bits per heavy atom. The van der Waals surface area contributed by atoms with Crippen LogP contribution in [0.3, 0.4) is 0 Å². The number of fused-ring (bicyclic) bond motifs is 1. The summed E-state index contributed by atoms with van der Waals surface area (Å²) in [4.78, 5) is 14.6. The van der Waals surface area contributed by atoms with Gasteiger partial charge in [0.1, 0.15) is 5.88 Å². The fourth-order valence-electron chi connectivity index (χ4n) is 1.62. The van der Waals surface area contributed by atoms with Gasteiger partial charge in [0.15, 0.2) is 0 Å². The van der Waals surface area contributed by atoms with E-state index >= 15 is 0 Å². The summed E-state index contributed by atoms with van der Waals surface area (Å²) in [6.45, 7) is 1.47. The first-order chi connectivity index (χ1) is 7.31. The van der Waals surface area contributed by atoms with Gasteiger partial charge in [-0.15, -0.1) is 23.4 Å². The Balaban J connectivity index is 2.21. The van der Waals surface area contributed by atoms with Crippen molar-refractivity contribution in [2.45, 2.75) is 11.4 Å². The predicted molar refractivity (Wildman–Crippen MR) is 63.3 cm³/mol. The normalized spacial score (nSPS) is 15.7. The summed E-state index contributed by atoms with van der Waals surface area (Å²) in [5.41, 5.74) is 1.22. The predicted octanol–water partition coefficient (Wildman–Crippen LogP) is 2.36. The van der Waals surface area contributed by atoms with Crippen molar-refractivity contribution in [2.75, 3.05) is 18.2 Å². The molecule has 1 amide bonds. The number of nitrogens with zero attached hydrogens (tertiary/aromatic N) is 1. The van der Waals surface area contributed by atoms with Crippen LogP contribution in [-0.4, -0.2) is 29.0 Å². The summed E-state index contributed by atoms with van der Waals surface area (Å²) < 4.78 is 0. The molecule has 4 heteroatoms. The maximum atomic E-state index is 11.5. The van der Waals surface area contributed by atoms with Gasteiger partial charge in [-0.3, -0.25) is 4.79 Å². The Morgan fingerprint density at radius 2 is 2.27 bits per heavy atom. The zero-order chi connectivity index (χ0) is 10.7. The summed E-state index contributed by atoms with van der Waals surface area (Å²) in [6, 6.07) is 8.22. The Hall–Kier alpha value is -0.670. The van der Waals surface area contributed by atoms with Gasteiger partial charge in [0, 0.05) is 23.7 Å². The van der Waals surface area contributed by atoms with Crippen LogP contribution in [0.4, 0.5) is 0 Å². The van der Waals surface area contributed by atoms with Crippen LogP contribution in [-0.2, 0) is 11.3 Å². The lowest BCUT2D eigenvalue weighted by Gasteiger charge is -2.19. The minimum absolute atomic E-state index is 0.0222. The van der Waals surface area contributed by atoms with Crippen molar-refractivity contribution < 1.29 is 4.79 Å². The first-order valence-corrected chi connectivity index (χ1v) is 6.37. The maximum absolute atomic E-state index is 11.5. The first kappa shape index (κ1) is 10.8. The zero-order valence-electron chi connectivity index (χ0n) is 8.28. The number of thioether (sulfide) groups is 1. The molecule has 0 saturated carbocycles. The standard InChI is InChI=1S/C11H12ClNOS/c12-7-11(14)13-5-6-15-10-4-2-1-3-9(10)8-13/h1-4H,5-8H2. The van der Waals surface area contributed by atoms with Crippen molar-refractivity contribution in [1.29, 1.82) is 0 Å². The molecule has 0 radical (unpaired) electrons. The molecule has 2 nitrogen and oxygen atoms in total. The van der Waals surface area contributed by atoms with Crippen LogP contribution in [0.5, 0.6) is 0 Å². The van der Waals surface area contributed by atoms with Crippen LogP contribution in [0.25, 0.3) is 0 Å². The Kier molecular flexibility index (Phi) is 3.54. The van der Waals surface area contributed by atoms with Crippen molar-refractivity contribution >= 4 is 29.3 Å². The summed E-state index contributed by atoms with van der Waals surface area (Å²) in [6.07, 6.45) is 0. The lowest BCUT2D eigenvalue weighted by Crippen LogP contribution is -2.32. The molecule has 0 atom stereocenters. The molecule has 0 fully saturated rings. The molecule has 1 aliphatic rings. The highest BCUT2D eigenvalue weighted by Gasteiger charge is 2.17. The molecule has 1 heterocycles. The molecule has 0 bridgehead atoms. The molecule has 80 valence electrons. The number of carbonyl (C=O) groups excluding carboxylic acids is 1. The van der Waals surface area contributed by atoms with E-state index in [1.165, 1.54) is 10.5 Å². The van der Waals surface area contributed by atoms with Gasteiger partial charge >= 0.3 is 0 Å². The average Bonchev–Trinajstić information content (AvgIpc) is 2.49. The molecular weight excluding hydrogens is 230 g/mol. The van der Waals surface area contributed by atoms with Gasteiger partial charge in [-0.2, -0.15) is 0 Å². The number of benzene rings is 1. The first-order valence-electron chi connectivity index (χ1n) is 4.85. The number of rotatable bonds is 1. The second-order valence-corrected chi connectivity index (χ2v) is 4.81. The number of alkyl halides is 1. The van der Waals surface area contributed by atoms with Crippen LogP contribution >= 0.6 is 23.4 Å². The number of hydrogen-bond acceptors (Lipinski definition) is 2. The van der Waals surface area contributed by atoms with E-state index in [4.69, 9.17) is 11.6 Å². The van der Waals surface area contributed by atoms with E-state index in [2.05, 4.69) is 12.1 Å². The quantitative estimate of drug-likeness (QED) is 0.704. The van der Waals surface area contributed by atoms with Gasteiger partial charge in [0.2, 0.25) is 5.91 Å². The third-order valence-electron chi connectivity index (χ3n) is 2.42. The summed E-state index contributed by atoms with van der Waals surface area (Å²) in [5.74, 6) is 1.04. The Bertz CT molecular complexity index is 369. The Labute approximate surface area is 98.6 Å². The molecule has 0 aromatic heterocycles. The van der Waals surface area contributed by atoms with E-state index in [1.807, 2.05) is 17.0 Å². The fraction of sp³-hybridized carbons (Fsp3) is 0.364. The lowest BCUT2D eigenvalue weighted by atomic mass is 10.2. The van der Waals surface area contributed by atoms with Crippen LogP contribution < -0.4 is 0 Å². The second-order valence-electron chi connectivity index (χ2n) is 3.41. The average molecular weight is 242 g/mol. The topological polar surface area (TPSA) is 20.3 Å². The molecule has 2 rings (SSSR count). The fourth-order valence-corrected chi connectivity index (χ4v) is 2.82. The van der Waals surface area contributed by atoms with E-state index in [0.717, 1.165) is 12.3 Å². The molecule has 0 N–H and O–H groups in total.